The lowest BCUT2D eigenvalue weighted by Gasteiger charge is -2.16. The molecule has 0 N–H and O–H groups in total. The fourth-order valence-corrected chi connectivity index (χ4v) is 14.5. The average Bonchev–Trinajstić information content (AvgIpc) is 0.784. The molecule has 0 aliphatic heterocycles. The van der Waals surface area contributed by atoms with E-state index < -0.39 is 0 Å². The SMILES string of the molecule is c1ccc(-c2cc(-c3ccccc3)cc(-c3cccc(-c4cccc(-c5cc(-c6ccc7c(-c8ccc9ccccc9c8)cc(-c8ccc9ccccc9c8)cc7c6)cc(-c6ccc7c(-c8ccc9ccccc9c8)cc(-c8ccc9ccccc9c8)cc7c6)c5)n4)c3)c2)cc1. The van der Waals surface area contributed by atoms with E-state index >= 15 is 0 Å². The highest BCUT2D eigenvalue weighted by Crippen LogP contribution is 2.44. The number of hydrogen-bond acceptors (Lipinski definition) is 1. The second-order valence-electron chi connectivity index (χ2n) is 25.5. The van der Waals surface area contributed by atoms with E-state index in [9.17, 15) is 0 Å². The highest BCUT2D eigenvalue weighted by molar-refractivity contribution is 6.06. The second kappa shape index (κ2) is 23.8. The second-order valence-corrected chi connectivity index (χ2v) is 25.5. The molecule has 0 radical (unpaired) electrons. The Labute approximate surface area is 558 Å². The molecule has 0 bridgehead atoms. The average molecular weight is 1220 g/mol. The molecule has 18 aromatic rings. The van der Waals surface area contributed by atoms with E-state index in [0.717, 1.165) is 55.9 Å². The molecule has 0 saturated carbocycles. The first-order chi connectivity index (χ1) is 47.5. The summed E-state index contributed by atoms with van der Waals surface area (Å²) < 4.78 is 0. The Morgan fingerprint density at radius 1 is 0.125 bits per heavy atom. The molecule has 1 nitrogen and oxygen atoms in total. The number of hydrogen-bond donors (Lipinski definition) is 0. The number of benzene rings is 17. The van der Waals surface area contributed by atoms with Crippen LogP contribution in [0, 0.1) is 0 Å². The molecule has 0 fully saturated rings. The molecule has 1 heteroatoms. The van der Waals surface area contributed by atoms with Gasteiger partial charge in [-0.3, -0.25) is 0 Å². The number of nitrogens with zero attached hydrogens (tertiary/aromatic N) is 1. The van der Waals surface area contributed by atoms with Crippen LogP contribution in [0.3, 0.4) is 0 Å². The molecule has 0 atom stereocenters. The molecule has 446 valence electrons. The summed E-state index contributed by atoms with van der Waals surface area (Å²) in [5.74, 6) is 0. The third-order valence-electron chi connectivity index (χ3n) is 19.5. The van der Waals surface area contributed by atoms with Crippen LogP contribution in [0.1, 0.15) is 0 Å². The normalized spacial score (nSPS) is 11.5. The Hall–Kier alpha value is -12.6. The van der Waals surface area contributed by atoms with Crippen LogP contribution in [0.2, 0.25) is 0 Å². The number of rotatable bonds is 11. The van der Waals surface area contributed by atoms with E-state index in [2.05, 4.69) is 370 Å². The van der Waals surface area contributed by atoms with Gasteiger partial charge in [0.2, 0.25) is 0 Å². The van der Waals surface area contributed by atoms with E-state index in [1.807, 2.05) is 0 Å². The van der Waals surface area contributed by atoms with Crippen LogP contribution in [0.5, 0.6) is 0 Å². The standard InChI is InChI=1S/C95H61N/c1-3-17-62(18-4-1)80-52-81(63-19-5-2-6-20-63)54-82(53-80)72-29-15-30-79(49-72)94-31-16-32-95(96-94)89-58-83(75-41-43-90-87(50-75)56-85(73-37-33-64-21-7-11-25-68(64)45-73)60-92(90)77-39-35-66-23-9-13-27-70(66)47-77)55-84(59-89)76-42-44-91-88(51-76)57-86(74-38-34-65-22-8-12-26-69(65)46-74)61-93(91)78-40-36-67-24-10-14-28-71(67)48-78/h1-61H. The van der Waals surface area contributed by atoms with Crippen molar-refractivity contribution in [1.82, 2.24) is 4.98 Å². The lowest BCUT2D eigenvalue weighted by Crippen LogP contribution is -1.92. The number of aromatic nitrogens is 1. The highest BCUT2D eigenvalue weighted by Gasteiger charge is 2.18. The van der Waals surface area contributed by atoms with Crippen molar-refractivity contribution in [2.45, 2.75) is 0 Å². The molecular weight excluding hydrogens is 1160 g/mol. The van der Waals surface area contributed by atoms with Gasteiger partial charge in [-0.15, -0.1) is 0 Å². The van der Waals surface area contributed by atoms with Crippen LogP contribution in [-0.4, -0.2) is 4.98 Å². The number of fused-ring (bicyclic) bond motifs is 6. The molecule has 0 saturated heterocycles. The monoisotopic (exact) mass is 1220 g/mol. The molecule has 1 aromatic heterocycles. The highest BCUT2D eigenvalue weighted by atomic mass is 14.7. The minimum absolute atomic E-state index is 0.898. The van der Waals surface area contributed by atoms with Gasteiger partial charge in [0, 0.05) is 11.1 Å². The fourth-order valence-electron chi connectivity index (χ4n) is 14.5. The zero-order chi connectivity index (χ0) is 63.5. The third-order valence-corrected chi connectivity index (χ3v) is 19.5. The van der Waals surface area contributed by atoms with E-state index in [-0.39, 0.29) is 0 Å². The Balaban J connectivity index is 0.811. The summed E-state index contributed by atoms with van der Waals surface area (Å²) in [6.45, 7) is 0. The first-order valence-electron chi connectivity index (χ1n) is 33.1. The molecule has 1 heterocycles. The molecule has 96 heavy (non-hydrogen) atoms. The number of pyridine rings is 1. The van der Waals surface area contributed by atoms with Gasteiger partial charge in [-0.2, -0.15) is 0 Å². The minimum Gasteiger partial charge on any atom is -0.248 e. The smallest absolute Gasteiger partial charge is 0.0709 e. The van der Waals surface area contributed by atoms with Crippen molar-refractivity contribution >= 4 is 64.6 Å². The van der Waals surface area contributed by atoms with Gasteiger partial charge < -0.3 is 0 Å². The topological polar surface area (TPSA) is 12.9 Å². The van der Waals surface area contributed by atoms with Crippen molar-refractivity contribution in [1.29, 1.82) is 0 Å². The van der Waals surface area contributed by atoms with E-state index in [4.69, 9.17) is 4.98 Å². The van der Waals surface area contributed by atoms with Crippen LogP contribution >= 0.6 is 0 Å². The summed E-state index contributed by atoms with van der Waals surface area (Å²) in [5.41, 5.74) is 24.9. The molecule has 0 aliphatic rings. The summed E-state index contributed by atoms with van der Waals surface area (Å²) >= 11 is 0. The van der Waals surface area contributed by atoms with Crippen molar-refractivity contribution in [2.75, 3.05) is 0 Å². The predicted molar refractivity (Wildman–Crippen MR) is 409 cm³/mol. The maximum absolute atomic E-state index is 5.61. The molecule has 0 amide bonds. The van der Waals surface area contributed by atoms with Crippen molar-refractivity contribution in [3.05, 3.63) is 370 Å². The van der Waals surface area contributed by atoms with Gasteiger partial charge >= 0.3 is 0 Å². The maximum atomic E-state index is 5.61. The summed E-state index contributed by atoms with van der Waals surface area (Å²) in [5, 5.41) is 14.6. The summed E-state index contributed by atoms with van der Waals surface area (Å²) in [6.07, 6.45) is 0. The zero-order valence-corrected chi connectivity index (χ0v) is 52.7. The lowest BCUT2D eigenvalue weighted by atomic mass is 9.88. The van der Waals surface area contributed by atoms with E-state index in [1.165, 1.54) is 131 Å². The minimum atomic E-state index is 0.898. The Morgan fingerprint density at radius 3 is 0.812 bits per heavy atom. The maximum Gasteiger partial charge on any atom is 0.0709 e. The van der Waals surface area contributed by atoms with E-state index in [0.29, 0.717) is 0 Å². The Bertz CT molecular complexity index is 5760. The van der Waals surface area contributed by atoms with Crippen molar-refractivity contribution in [2.24, 2.45) is 0 Å². The van der Waals surface area contributed by atoms with Crippen molar-refractivity contribution in [3.63, 3.8) is 0 Å². The van der Waals surface area contributed by atoms with Gasteiger partial charge in [-0.25, -0.2) is 4.98 Å². The quantitative estimate of drug-likeness (QED) is 0.126. The van der Waals surface area contributed by atoms with Gasteiger partial charge in [0.05, 0.1) is 11.4 Å². The van der Waals surface area contributed by atoms with Crippen molar-refractivity contribution in [3.8, 4) is 123 Å². The molecular formula is C95H61N. The molecule has 17 aromatic carbocycles. The van der Waals surface area contributed by atoms with Gasteiger partial charge in [-0.05, 0) is 280 Å². The Morgan fingerprint density at radius 2 is 0.385 bits per heavy atom. The summed E-state index contributed by atoms with van der Waals surface area (Å²) in [6, 6.07) is 137. The van der Waals surface area contributed by atoms with Crippen LogP contribution in [0.25, 0.3) is 187 Å². The van der Waals surface area contributed by atoms with Crippen LogP contribution < -0.4 is 0 Å². The fraction of sp³-hybridized carbons (Fsp3) is 0. The summed E-state index contributed by atoms with van der Waals surface area (Å²) in [4.78, 5) is 5.61. The van der Waals surface area contributed by atoms with E-state index in [1.54, 1.807) is 0 Å². The van der Waals surface area contributed by atoms with Crippen molar-refractivity contribution < 1.29 is 0 Å². The van der Waals surface area contributed by atoms with Gasteiger partial charge in [-0.1, -0.05) is 255 Å². The van der Waals surface area contributed by atoms with Crippen LogP contribution in [-0.2, 0) is 0 Å². The first kappa shape index (κ1) is 56.2. The largest absolute Gasteiger partial charge is 0.248 e. The lowest BCUT2D eigenvalue weighted by molar-refractivity contribution is 1.32. The van der Waals surface area contributed by atoms with Gasteiger partial charge in [0.25, 0.3) is 0 Å². The van der Waals surface area contributed by atoms with Gasteiger partial charge in [0.1, 0.15) is 0 Å². The molecule has 18 rings (SSSR count). The van der Waals surface area contributed by atoms with Crippen LogP contribution in [0.4, 0.5) is 0 Å². The molecule has 0 unspecified atom stereocenters. The molecule has 0 spiro atoms. The zero-order valence-electron chi connectivity index (χ0n) is 52.7. The first-order valence-corrected chi connectivity index (χ1v) is 33.1. The van der Waals surface area contributed by atoms with Gasteiger partial charge in [0.15, 0.2) is 0 Å². The summed E-state index contributed by atoms with van der Waals surface area (Å²) in [7, 11) is 0. The predicted octanol–water partition coefficient (Wildman–Crippen LogP) is 26.3. The third kappa shape index (κ3) is 10.7. The molecule has 0 aliphatic carbocycles. The Kier molecular flexibility index (Phi) is 14.0. The van der Waals surface area contributed by atoms with Crippen LogP contribution in [0.15, 0.2) is 370 Å².